The summed E-state index contributed by atoms with van der Waals surface area (Å²) in [6.45, 7) is 4.86. The molecule has 5 heteroatoms. The third-order valence-electron chi connectivity index (χ3n) is 2.57. The van der Waals surface area contributed by atoms with E-state index in [1.54, 1.807) is 4.90 Å². The predicted molar refractivity (Wildman–Crippen MR) is 55.7 cm³/mol. The Morgan fingerprint density at radius 3 is 2.13 bits per heavy atom. The average molecular weight is 214 g/mol. The molecule has 5 nitrogen and oxygen atoms in total. The van der Waals surface area contributed by atoms with E-state index in [1.807, 2.05) is 13.8 Å². The fraction of sp³-hybridized carbons (Fsp3) is 0.800. The summed E-state index contributed by atoms with van der Waals surface area (Å²) in [5.74, 6) is -0.942. The van der Waals surface area contributed by atoms with Crippen molar-refractivity contribution in [1.82, 2.24) is 9.80 Å². The monoisotopic (exact) mass is 214 g/mol. The first-order valence-corrected chi connectivity index (χ1v) is 5.37. The molecule has 0 atom stereocenters. The van der Waals surface area contributed by atoms with Crippen LogP contribution in [-0.2, 0) is 4.79 Å². The van der Waals surface area contributed by atoms with Gasteiger partial charge in [-0.25, -0.2) is 4.79 Å². The fourth-order valence-electron chi connectivity index (χ4n) is 1.56. The number of hydrogen-bond donors (Lipinski definition) is 1. The highest BCUT2D eigenvalue weighted by molar-refractivity contribution is 5.80. The van der Waals surface area contributed by atoms with E-state index in [2.05, 4.69) is 0 Å². The van der Waals surface area contributed by atoms with Gasteiger partial charge in [0.1, 0.15) is 6.54 Å². The molecule has 86 valence electrons. The molecule has 0 unspecified atom stereocenters. The molecule has 0 heterocycles. The Labute approximate surface area is 89.7 Å². The van der Waals surface area contributed by atoms with Crippen LogP contribution in [0.3, 0.4) is 0 Å². The largest absolute Gasteiger partial charge is 0.480 e. The van der Waals surface area contributed by atoms with Crippen LogP contribution in [0.25, 0.3) is 0 Å². The van der Waals surface area contributed by atoms with Gasteiger partial charge in [-0.1, -0.05) is 0 Å². The van der Waals surface area contributed by atoms with Crippen LogP contribution in [0.1, 0.15) is 26.7 Å². The van der Waals surface area contributed by atoms with Crippen molar-refractivity contribution in [3.63, 3.8) is 0 Å². The van der Waals surface area contributed by atoms with E-state index in [9.17, 15) is 9.59 Å². The second kappa shape index (κ2) is 5.00. The predicted octanol–water partition coefficient (Wildman–Crippen LogP) is 0.997. The van der Waals surface area contributed by atoms with Crippen molar-refractivity contribution in [2.75, 3.05) is 19.6 Å². The average Bonchev–Trinajstić information content (AvgIpc) is 2.99. The van der Waals surface area contributed by atoms with Crippen molar-refractivity contribution in [3.05, 3.63) is 0 Å². The zero-order chi connectivity index (χ0) is 11.4. The third-order valence-corrected chi connectivity index (χ3v) is 2.57. The molecule has 1 fully saturated rings. The van der Waals surface area contributed by atoms with Crippen LogP contribution in [0, 0.1) is 0 Å². The molecule has 1 aliphatic carbocycles. The maximum Gasteiger partial charge on any atom is 0.323 e. The maximum absolute atomic E-state index is 11.9. The van der Waals surface area contributed by atoms with Crippen LogP contribution in [0.15, 0.2) is 0 Å². The van der Waals surface area contributed by atoms with Crippen molar-refractivity contribution in [2.24, 2.45) is 0 Å². The lowest BCUT2D eigenvalue weighted by molar-refractivity contribution is -0.137. The van der Waals surface area contributed by atoms with Gasteiger partial charge in [0.2, 0.25) is 0 Å². The lowest BCUT2D eigenvalue weighted by Crippen LogP contribution is -2.46. The molecule has 0 aromatic rings. The van der Waals surface area contributed by atoms with E-state index in [4.69, 9.17) is 5.11 Å². The lowest BCUT2D eigenvalue weighted by Gasteiger charge is -2.28. The highest BCUT2D eigenvalue weighted by Gasteiger charge is 2.35. The molecule has 0 aromatic carbocycles. The second-order valence-corrected chi connectivity index (χ2v) is 3.71. The molecule has 1 aliphatic rings. The molecule has 0 spiro atoms. The van der Waals surface area contributed by atoms with Crippen LogP contribution >= 0.6 is 0 Å². The molecule has 2 amide bonds. The molecule has 0 radical (unpaired) electrons. The Morgan fingerprint density at radius 1 is 1.27 bits per heavy atom. The SMILES string of the molecule is CCN(CC)C(=O)N(CC(=O)O)C1CC1. The Hall–Kier alpha value is -1.26. The molecule has 1 saturated carbocycles. The van der Waals surface area contributed by atoms with Crippen LogP contribution in [0.5, 0.6) is 0 Å². The van der Waals surface area contributed by atoms with Gasteiger partial charge in [-0.15, -0.1) is 0 Å². The van der Waals surface area contributed by atoms with E-state index in [-0.39, 0.29) is 18.6 Å². The van der Waals surface area contributed by atoms with Crippen LogP contribution < -0.4 is 0 Å². The number of nitrogens with zero attached hydrogens (tertiary/aromatic N) is 2. The molecular weight excluding hydrogens is 196 g/mol. The van der Waals surface area contributed by atoms with Crippen LogP contribution in [0.2, 0.25) is 0 Å². The Kier molecular flexibility index (Phi) is 3.94. The molecular formula is C10H18N2O3. The number of carboxylic acid groups (broad SMARTS) is 1. The van der Waals surface area contributed by atoms with E-state index >= 15 is 0 Å². The van der Waals surface area contributed by atoms with E-state index in [0.717, 1.165) is 12.8 Å². The van der Waals surface area contributed by atoms with Gasteiger partial charge in [0.25, 0.3) is 0 Å². The summed E-state index contributed by atoms with van der Waals surface area (Å²) in [7, 11) is 0. The standard InChI is InChI=1S/C10H18N2O3/c1-3-11(4-2)10(15)12(7-9(13)14)8-5-6-8/h8H,3-7H2,1-2H3,(H,13,14). The van der Waals surface area contributed by atoms with E-state index in [0.29, 0.717) is 13.1 Å². The van der Waals surface area contributed by atoms with Gasteiger partial charge >= 0.3 is 12.0 Å². The van der Waals surface area contributed by atoms with E-state index < -0.39 is 5.97 Å². The minimum absolute atomic E-state index is 0.147. The molecule has 0 saturated heterocycles. The number of hydrogen-bond acceptors (Lipinski definition) is 2. The number of carbonyl (C=O) groups is 2. The highest BCUT2D eigenvalue weighted by atomic mass is 16.4. The third kappa shape index (κ3) is 3.11. The van der Waals surface area contributed by atoms with Gasteiger partial charge in [0, 0.05) is 19.1 Å². The zero-order valence-corrected chi connectivity index (χ0v) is 9.27. The first-order chi connectivity index (χ1) is 7.10. The van der Waals surface area contributed by atoms with Crippen molar-refractivity contribution >= 4 is 12.0 Å². The Morgan fingerprint density at radius 2 is 1.80 bits per heavy atom. The van der Waals surface area contributed by atoms with Crippen molar-refractivity contribution in [1.29, 1.82) is 0 Å². The number of carbonyl (C=O) groups excluding carboxylic acids is 1. The number of carboxylic acids is 1. The van der Waals surface area contributed by atoms with Crippen molar-refractivity contribution < 1.29 is 14.7 Å². The molecule has 0 bridgehead atoms. The van der Waals surface area contributed by atoms with Gasteiger partial charge in [-0.3, -0.25) is 4.79 Å². The van der Waals surface area contributed by atoms with Crippen molar-refractivity contribution in [3.8, 4) is 0 Å². The molecule has 1 N–H and O–H groups in total. The van der Waals surface area contributed by atoms with E-state index in [1.165, 1.54) is 4.90 Å². The zero-order valence-electron chi connectivity index (χ0n) is 9.27. The second-order valence-electron chi connectivity index (χ2n) is 3.71. The highest BCUT2D eigenvalue weighted by Crippen LogP contribution is 2.27. The smallest absolute Gasteiger partial charge is 0.323 e. The number of aliphatic carboxylic acids is 1. The first kappa shape index (κ1) is 11.8. The first-order valence-electron chi connectivity index (χ1n) is 5.37. The minimum atomic E-state index is -0.942. The van der Waals surface area contributed by atoms with Gasteiger partial charge in [0.15, 0.2) is 0 Å². The molecule has 0 aliphatic heterocycles. The summed E-state index contributed by atoms with van der Waals surface area (Å²) < 4.78 is 0. The maximum atomic E-state index is 11.9. The summed E-state index contributed by atoms with van der Waals surface area (Å²) in [4.78, 5) is 25.7. The van der Waals surface area contributed by atoms with Crippen LogP contribution in [0.4, 0.5) is 4.79 Å². The summed E-state index contributed by atoms with van der Waals surface area (Å²) in [5.41, 5.74) is 0. The minimum Gasteiger partial charge on any atom is -0.480 e. The van der Waals surface area contributed by atoms with Crippen molar-refractivity contribution in [2.45, 2.75) is 32.7 Å². The number of amides is 2. The molecule has 1 rings (SSSR count). The number of urea groups is 1. The normalized spacial score (nSPS) is 14.8. The summed E-state index contributed by atoms with van der Waals surface area (Å²) in [6.07, 6.45) is 1.86. The van der Waals surface area contributed by atoms with Gasteiger partial charge < -0.3 is 14.9 Å². The fourth-order valence-corrected chi connectivity index (χ4v) is 1.56. The molecule has 0 aromatic heterocycles. The lowest BCUT2D eigenvalue weighted by atomic mass is 10.4. The molecule has 15 heavy (non-hydrogen) atoms. The van der Waals surface area contributed by atoms with Crippen LogP contribution in [-0.4, -0.2) is 52.6 Å². The summed E-state index contributed by atoms with van der Waals surface area (Å²) >= 11 is 0. The quantitative estimate of drug-likeness (QED) is 0.742. The van der Waals surface area contributed by atoms with Gasteiger partial charge in [-0.2, -0.15) is 0 Å². The number of rotatable bonds is 5. The van der Waals surface area contributed by atoms with Gasteiger partial charge in [0.05, 0.1) is 0 Å². The Balaban J connectivity index is 2.61. The summed E-state index contributed by atoms with van der Waals surface area (Å²) in [6, 6.07) is -0.000833. The van der Waals surface area contributed by atoms with Gasteiger partial charge in [-0.05, 0) is 26.7 Å². The topological polar surface area (TPSA) is 60.9 Å². The summed E-state index contributed by atoms with van der Waals surface area (Å²) in [5, 5.41) is 8.72. The Bertz CT molecular complexity index is 247.